The quantitative estimate of drug-likeness (QED) is 0.327. The lowest BCUT2D eigenvalue weighted by atomic mass is 10.4. The second kappa shape index (κ2) is 7.99. The van der Waals surface area contributed by atoms with Gasteiger partial charge in [0, 0.05) is 5.70 Å². The zero-order valence-corrected chi connectivity index (χ0v) is 8.58. The lowest BCUT2D eigenvalue weighted by molar-refractivity contribution is -0.121. The molecule has 7 heteroatoms. The molecule has 0 rings (SSSR count). The van der Waals surface area contributed by atoms with E-state index >= 15 is 0 Å². The summed E-state index contributed by atoms with van der Waals surface area (Å²) < 4.78 is 0. The van der Waals surface area contributed by atoms with Gasteiger partial charge in [0.1, 0.15) is 6.07 Å². The smallest absolute Gasteiger partial charge is 0.250 e. The van der Waals surface area contributed by atoms with E-state index in [4.69, 9.17) is 5.26 Å². The molecule has 0 aromatic heterocycles. The first-order valence-electron chi connectivity index (χ1n) is 4.38. The summed E-state index contributed by atoms with van der Waals surface area (Å²) in [7, 11) is 0. The summed E-state index contributed by atoms with van der Waals surface area (Å²) in [5, 5.41) is 15.4. The molecule has 0 aromatic carbocycles. The lowest BCUT2D eigenvalue weighted by Crippen LogP contribution is -2.36. The zero-order valence-electron chi connectivity index (χ0n) is 8.58. The van der Waals surface area contributed by atoms with Crippen molar-refractivity contribution in [3.05, 3.63) is 12.3 Å². The van der Waals surface area contributed by atoms with Gasteiger partial charge in [-0.3, -0.25) is 14.4 Å². The van der Waals surface area contributed by atoms with Crippen LogP contribution in [0.1, 0.15) is 0 Å². The molecule has 2 amide bonds. The Morgan fingerprint density at radius 2 is 1.94 bits per heavy atom. The average Bonchev–Trinajstić information content (AvgIpc) is 2.30. The highest BCUT2D eigenvalue weighted by atomic mass is 16.2. The lowest BCUT2D eigenvalue weighted by Gasteiger charge is -2.08. The van der Waals surface area contributed by atoms with E-state index in [-0.39, 0.29) is 25.5 Å². The van der Waals surface area contributed by atoms with Crippen LogP contribution < -0.4 is 16.0 Å². The number of nitrogens with zero attached hydrogens (tertiary/aromatic N) is 1. The summed E-state index contributed by atoms with van der Waals surface area (Å²) in [5.74, 6) is -0.989. The third kappa shape index (κ3) is 7.08. The summed E-state index contributed by atoms with van der Waals surface area (Å²) >= 11 is 0. The Bertz CT molecular complexity index is 332. The van der Waals surface area contributed by atoms with Crippen molar-refractivity contribution in [2.75, 3.05) is 19.6 Å². The Morgan fingerprint density at radius 3 is 2.50 bits per heavy atom. The monoisotopic (exact) mass is 224 g/mol. The maximum absolute atomic E-state index is 11.0. The van der Waals surface area contributed by atoms with Gasteiger partial charge < -0.3 is 16.0 Å². The molecule has 0 aromatic rings. The van der Waals surface area contributed by atoms with Gasteiger partial charge in [0.25, 0.3) is 5.78 Å². The van der Waals surface area contributed by atoms with Gasteiger partial charge in [-0.25, -0.2) is 0 Å². The summed E-state index contributed by atoms with van der Waals surface area (Å²) in [6, 6.07) is 1.43. The van der Waals surface area contributed by atoms with E-state index < -0.39 is 5.78 Å². The topological polar surface area (TPSA) is 111 Å². The molecule has 3 N–H and O–H groups in total. The zero-order chi connectivity index (χ0) is 12.4. The van der Waals surface area contributed by atoms with E-state index in [1.165, 1.54) is 6.07 Å². The summed E-state index contributed by atoms with van der Waals surface area (Å²) in [4.78, 5) is 31.4. The first-order chi connectivity index (χ1) is 7.60. The van der Waals surface area contributed by atoms with Crippen LogP contribution in [0.2, 0.25) is 0 Å². The highest BCUT2D eigenvalue weighted by Crippen LogP contribution is 1.80. The van der Waals surface area contributed by atoms with E-state index in [1.54, 1.807) is 0 Å². The molecule has 0 atom stereocenters. The fraction of sp³-hybridized carbons (Fsp3) is 0.333. The predicted molar refractivity (Wildman–Crippen MR) is 54.8 cm³/mol. The third-order valence-electron chi connectivity index (χ3n) is 1.47. The minimum atomic E-state index is -0.616. The van der Waals surface area contributed by atoms with E-state index in [1.807, 2.05) is 0 Å². The fourth-order valence-corrected chi connectivity index (χ4v) is 0.709. The SMILES string of the molecule is C=C(CNC(=O)CNC=O)NCC(=O)C#N. The first kappa shape index (κ1) is 13.6. The van der Waals surface area contributed by atoms with Crippen LogP contribution >= 0.6 is 0 Å². The number of carbonyl (C=O) groups is 3. The molecular weight excluding hydrogens is 212 g/mol. The molecule has 0 aliphatic heterocycles. The van der Waals surface area contributed by atoms with Gasteiger partial charge in [-0.05, 0) is 0 Å². The number of carbonyl (C=O) groups excluding carboxylic acids is 3. The standard InChI is InChI=1S/C9H12N4O3/c1-7(12-4-8(15)2-10)3-13-9(16)5-11-6-14/h6,12H,1,3-5H2,(H,11,14)(H,13,16). The van der Waals surface area contributed by atoms with Crippen molar-refractivity contribution in [2.24, 2.45) is 0 Å². The summed E-state index contributed by atoms with van der Waals surface area (Å²) in [5.41, 5.74) is 0.406. The van der Waals surface area contributed by atoms with Gasteiger partial charge in [0.05, 0.1) is 19.6 Å². The molecule has 0 heterocycles. The van der Waals surface area contributed by atoms with Gasteiger partial charge in [-0.1, -0.05) is 6.58 Å². The molecule has 86 valence electrons. The van der Waals surface area contributed by atoms with Crippen LogP contribution in [0.4, 0.5) is 0 Å². The molecule has 0 bridgehead atoms. The molecule has 0 spiro atoms. The van der Waals surface area contributed by atoms with Crippen molar-refractivity contribution >= 4 is 18.1 Å². The molecule has 0 aliphatic carbocycles. The Hall–Kier alpha value is -2.36. The molecule has 7 nitrogen and oxygen atoms in total. The number of hydrogen-bond donors (Lipinski definition) is 3. The van der Waals surface area contributed by atoms with Crippen LogP contribution in [0.25, 0.3) is 0 Å². The van der Waals surface area contributed by atoms with Crippen molar-refractivity contribution in [1.82, 2.24) is 16.0 Å². The van der Waals surface area contributed by atoms with Crippen LogP contribution in [-0.4, -0.2) is 37.7 Å². The predicted octanol–water partition coefficient (Wildman–Crippen LogP) is -1.96. The number of Topliss-reactive ketones (excluding diaryl/α,β-unsaturated/α-hetero) is 1. The first-order valence-corrected chi connectivity index (χ1v) is 4.38. The van der Waals surface area contributed by atoms with Crippen LogP contribution in [-0.2, 0) is 14.4 Å². The fourth-order valence-electron chi connectivity index (χ4n) is 0.709. The summed E-state index contributed by atoms with van der Waals surface area (Å²) in [6.45, 7) is 3.40. The Labute approximate surface area is 92.5 Å². The van der Waals surface area contributed by atoms with Gasteiger partial charge in [-0.15, -0.1) is 0 Å². The molecule has 0 saturated heterocycles. The van der Waals surface area contributed by atoms with E-state index in [0.29, 0.717) is 12.1 Å². The normalized spacial score (nSPS) is 8.44. The number of hydrogen-bond acceptors (Lipinski definition) is 5. The van der Waals surface area contributed by atoms with Gasteiger partial charge in [0.2, 0.25) is 12.3 Å². The number of nitriles is 1. The second-order valence-electron chi connectivity index (χ2n) is 2.77. The van der Waals surface area contributed by atoms with Crippen LogP contribution in [0.15, 0.2) is 12.3 Å². The highest BCUT2D eigenvalue weighted by Gasteiger charge is 2.02. The van der Waals surface area contributed by atoms with Crippen molar-refractivity contribution < 1.29 is 14.4 Å². The average molecular weight is 224 g/mol. The molecule has 0 saturated carbocycles. The third-order valence-corrected chi connectivity index (χ3v) is 1.47. The largest absolute Gasteiger partial charge is 0.379 e. The van der Waals surface area contributed by atoms with Gasteiger partial charge >= 0.3 is 0 Å². The number of amides is 2. The van der Waals surface area contributed by atoms with Crippen molar-refractivity contribution in [3.8, 4) is 6.07 Å². The molecule has 0 unspecified atom stereocenters. The molecule has 0 radical (unpaired) electrons. The maximum Gasteiger partial charge on any atom is 0.250 e. The van der Waals surface area contributed by atoms with E-state index in [0.717, 1.165) is 0 Å². The van der Waals surface area contributed by atoms with Gasteiger partial charge in [0.15, 0.2) is 0 Å². The Morgan fingerprint density at radius 1 is 1.25 bits per heavy atom. The van der Waals surface area contributed by atoms with Crippen molar-refractivity contribution in [3.63, 3.8) is 0 Å². The minimum Gasteiger partial charge on any atom is -0.379 e. The van der Waals surface area contributed by atoms with Crippen LogP contribution in [0, 0.1) is 11.3 Å². The second-order valence-corrected chi connectivity index (χ2v) is 2.77. The van der Waals surface area contributed by atoms with E-state index in [2.05, 4.69) is 22.5 Å². The van der Waals surface area contributed by atoms with Crippen LogP contribution in [0.5, 0.6) is 0 Å². The Balaban J connectivity index is 3.65. The highest BCUT2D eigenvalue weighted by molar-refractivity contribution is 5.95. The van der Waals surface area contributed by atoms with Gasteiger partial charge in [-0.2, -0.15) is 5.26 Å². The van der Waals surface area contributed by atoms with E-state index in [9.17, 15) is 14.4 Å². The van der Waals surface area contributed by atoms with Crippen molar-refractivity contribution in [1.29, 1.82) is 5.26 Å². The molecular formula is C9H12N4O3. The molecule has 0 aliphatic rings. The number of rotatable bonds is 8. The summed E-state index contributed by atoms with van der Waals surface area (Å²) in [6.07, 6.45) is 0.415. The Kier molecular flexibility index (Phi) is 6.81. The van der Waals surface area contributed by atoms with Crippen molar-refractivity contribution in [2.45, 2.75) is 0 Å². The minimum absolute atomic E-state index is 0.117. The number of ketones is 1. The number of nitrogens with one attached hydrogen (secondary N) is 3. The maximum atomic E-state index is 11.0. The van der Waals surface area contributed by atoms with Crippen LogP contribution in [0.3, 0.4) is 0 Å². The molecule has 0 fully saturated rings. The molecule has 16 heavy (non-hydrogen) atoms.